The second-order valence-corrected chi connectivity index (χ2v) is 8.77. The van der Waals surface area contributed by atoms with Gasteiger partial charge < -0.3 is 15.0 Å². The lowest BCUT2D eigenvalue weighted by Crippen LogP contribution is -2.24. The highest BCUT2D eigenvalue weighted by Crippen LogP contribution is 2.27. The van der Waals surface area contributed by atoms with E-state index in [1.54, 1.807) is 17.0 Å². The van der Waals surface area contributed by atoms with E-state index < -0.39 is 0 Å². The average molecular weight is 411 g/mol. The largest absolute Gasteiger partial charge is 0.381 e. The molecule has 0 radical (unpaired) electrons. The van der Waals surface area contributed by atoms with Crippen LogP contribution in [0.3, 0.4) is 0 Å². The molecule has 1 N–H and O–H groups in total. The van der Waals surface area contributed by atoms with Gasteiger partial charge in [0.2, 0.25) is 5.91 Å². The van der Waals surface area contributed by atoms with Crippen molar-refractivity contribution in [1.29, 1.82) is 0 Å². The summed E-state index contributed by atoms with van der Waals surface area (Å²) in [5.41, 5.74) is 3.35. The maximum absolute atomic E-state index is 12.7. The lowest BCUT2D eigenvalue weighted by atomic mass is 10.1. The van der Waals surface area contributed by atoms with Crippen LogP contribution in [-0.2, 0) is 15.3 Å². The van der Waals surface area contributed by atoms with Gasteiger partial charge in [0.25, 0.3) is 5.91 Å². The van der Waals surface area contributed by atoms with Crippen molar-refractivity contribution in [3.63, 3.8) is 0 Å². The molecule has 5 nitrogen and oxygen atoms in total. The minimum Gasteiger partial charge on any atom is -0.381 e. The first-order valence-electron chi connectivity index (χ1n) is 10.2. The number of nitrogens with one attached hydrogen (secondary N) is 1. The van der Waals surface area contributed by atoms with E-state index in [0.29, 0.717) is 17.2 Å². The molecule has 0 atom stereocenters. The highest BCUT2D eigenvalue weighted by Gasteiger charge is 2.22. The number of carbonyl (C=O) groups is 2. The van der Waals surface area contributed by atoms with E-state index in [2.05, 4.69) is 11.4 Å². The molecule has 0 aliphatic carbocycles. The van der Waals surface area contributed by atoms with Gasteiger partial charge in [-0.1, -0.05) is 18.2 Å². The number of anilines is 2. The molecule has 29 heavy (non-hydrogen) atoms. The van der Waals surface area contributed by atoms with Gasteiger partial charge in [0.1, 0.15) is 0 Å². The summed E-state index contributed by atoms with van der Waals surface area (Å²) in [5.74, 6) is 0.894. The molecule has 2 aliphatic rings. The first-order chi connectivity index (χ1) is 14.2. The Morgan fingerprint density at radius 3 is 2.76 bits per heavy atom. The van der Waals surface area contributed by atoms with Crippen LogP contribution in [0.5, 0.6) is 0 Å². The van der Waals surface area contributed by atoms with E-state index in [-0.39, 0.29) is 11.8 Å². The van der Waals surface area contributed by atoms with E-state index in [9.17, 15) is 9.59 Å². The number of hydrogen-bond acceptors (Lipinski definition) is 4. The van der Waals surface area contributed by atoms with Crippen LogP contribution in [0, 0.1) is 0 Å². The van der Waals surface area contributed by atoms with E-state index >= 15 is 0 Å². The highest BCUT2D eigenvalue weighted by atomic mass is 32.2. The normalized spacial score (nSPS) is 17.5. The van der Waals surface area contributed by atoms with Gasteiger partial charge in [0, 0.05) is 54.1 Å². The van der Waals surface area contributed by atoms with E-state index in [1.807, 2.05) is 42.1 Å². The van der Waals surface area contributed by atoms with Crippen LogP contribution < -0.4 is 10.2 Å². The van der Waals surface area contributed by atoms with Gasteiger partial charge in [0.15, 0.2) is 0 Å². The van der Waals surface area contributed by atoms with E-state index in [0.717, 1.165) is 56.1 Å². The first kappa shape index (κ1) is 20.0. The Bertz CT molecular complexity index is 880. The van der Waals surface area contributed by atoms with Gasteiger partial charge in [0.05, 0.1) is 0 Å². The molecule has 152 valence electrons. The zero-order valence-corrected chi connectivity index (χ0v) is 17.2. The maximum Gasteiger partial charge on any atom is 0.255 e. The van der Waals surface area contributed by atoms with Crippen molar-refractivity contribution in [2.75, 3.05) is 30.0 Å². The number of hydrogen-bond donors (Lipinski definition) is 1. The third-order valence-electron chi connectivity index (χ3n) is 5.33. The van der Waals surface area contributed by atoms with Crippen LogP contribution in [0.2, 0.25) is 0 Å². The lowest BCUT2D eigenvalue weighted by Gasteiger charge is -2.21. The van der Waals surface area contributed by atoms with Crippen molar-refractivity contribution in [3.05, 3.63) is 59.7 Å². The Morgan fingerprint density at radius 2 is 1.97 bits per heavy atom. The van der Waals surface area contributed by atoms with Crippen molar-refractivity contribution in [2.45, 2.75) is 36.7 Å². The monoisotopic (exact) mass is 410 g/mol. The molecule has 4 rings (SSSR count). The highest BCUT2D eigenvalue weighted by molar-refractivity contribution is 7.99. The summed E-state index contributed by atoms with van der Waals surface area (Å²) in [4.78, 5) is 26.5. The molecule has 0 aromatic heterocycles. The number of amides is 2. The van der Waals surface area contributed by atoms with Crippen molar-refractivity contribution in [3.8, 4) is 0 Å². The van der Waals surface area contributed by atoms with Gasteiger partial charge in [-0.2, -0.15) is 11.8 Å². The fourth-order valence-electron chi connectivity index (χ4n) is 3.74. The Kier molecular flexibility index (Phi) is 6.52. The van der Waals surface area contributed by atoms with Gasteiger partial charge in [-0.05, 0) is 55.2 Å². The van der Waals surface area contributed by atoms with Gasteiger partial charge in [-0.25, -0.2) is 0 Å². The molecule has 2 aliphatic heterocycles. The lowest BCUT2D eigenvalue weighted by molar-refractivity contribution is -0.117. The number of benzene rings is 2. The smallest absolute Gasteiger partial charge is 0.255 e. The molecule has 6 heteroatoms. The fraction of sp³-hybridized carbons (Fsp3) is 0.391. The Balaban J connectivity index is 1.38. The number of thioether (sulfide) groups is 1. The summed E-state index contributed by atoms with van der Waals surface area (Å²) in [6.07, 6.45) is 3.66. The van der Waals surface area contributed by atoms with Gasteiger partial charge in [-0.15, -0.1) is 0 Å². The summed E-state index contributed by atoms with van der Waals surface area (Å²) in [6, 6.07) is 15.3. The predicted molar refractivity (Wildman–Crippen MR) is 118 cm³/mol. The Labute approximate surface area is 175 Å². The quantitative estimate of drug-likeness (QED) is 0.763. The molecule has 2 fully saturated rings. The predicted octanol–water partition coefficient (Wildman–Crippen LogP) is 4.48. The molecule has 0 saturated carbocycles. The number of nitrogens with zero attached hydrogens (tertiary/aromatic N) is 1. The van der Waals surface area contributed by atoms with Crippen molar-refractivity contribution < 1.29 is 14.3 Å². The van der Waals surface area contributed by atoms with Crippen LogP contribution in [0.4, 0.5) is 11.4 Å². The number of rotatable bonds is 6. The first-order valence-corrected chi connectivity index (χ1v) is 11.2. The van der Waals surface area contributed by atoms with Gasteiger partial charge in [-0.3, -0.25) is 9.59 Å². The van der Waals surface area contributed by atoms with Crippen LogP contribution in [0.25, 0.3) is 0 Å². The summed E-state index contributed by atoms with van der Waals surface area (Å²) in [5, 5.41) is 3.64. The van der Waals surface area contributed by atoms with Crippen molar-refractivity contribution in [2.24, 2.45) is 0 Å². The zero-order chi connectivity index (χ0) is 20.1. The second-order valence-electron chi connectivity index (χ2n) is 7.48. The summed E-state index contributed by atoms with van der Waals surface area (Å²) < 4.78 is 5.42. The molecular formula is C23H26N2O3S. The molecule has 2 amide bonds. The molecule has 2 aromatic carbocycles. The topological polar surface area (TPSA) is 58.6 Å². The third-order valence-corrected chi connectivity index (χ3v) is 6.78. The van der Waals surface area contributed by atoms with E-state index in [4.69, 9.17) is 4.74 Å². The molecule has 0 unspecified atom stereocenters. The maximum atomic E-state index is 12.7. The summed E-state index contributed by atoms with van der Waals surface area (Å²) in [7, 11) is 0. The molecule has 2 saturated heterocycles. The van der Waals surface area contributed by atoms with Crippen LogP contribution in [0.1, 0.15) is 41.6 Å². The van der Waals surface area contributed by atoms with Crippen molar-refractivity contribution in [1.82, 2.24) is 0 Å². The minimum absolute atomic E-state index is 0.122. The molecule has 2 aromatic rings. The number of carbonyl (C=O) groups excluding carboxylic acids is 2. The average Bonchev–Trinajstić information content (AvgIpc) is 3.19. The zero-order valence-electron chi connectivity index (χ0n) is 16.4. The van der Waals surface area contributed by atoms with E-state index in [1.165, 1.54) is 5.56 Å². The summed E-state index contributed by atoms with van der Waals surface area (Å²) in [6.45, 7) is 2.43. The fourth-order valence-corrected chi connectivity index (χ4v) is 4.87. The van der Waals surface area contributed by atoms with Crippen LogP contribution >= 0.6 is 11.8 Å². The SMILES string of the molecule is O=C(Nc1cccc(CSC2CCOCC2)c1)c1cccc(N2CCCC2=O)c1. The molecule has 2 heterocycles. The van der Waals surface area contributed by atoms with Crippen molar-refractivity contribution >= 4 is 35.0 Å². The second kappa shape index (κ2) is 9.46. The Hall–Kier alpha value is -2.31. The molecular weight excluding hydrogens is 384 g/mol. The van der Waals surface area contributed by atoms with Gasteiger partial charge >= 0.3 is 0 Å². The standard InChI is InChI=1S/C23H26N2O3S/c26-22-8-3-11-25(22)20-7-2-5-18(15-20)23(27)24-19-6-1-4-17(14-19)16-29-21-9-12-28-13-10-21/h1-2,4-7,14-15,21H,3,8-13,16H2,(H,24,27). The number of ether oxygens (including phenoxy) is 1. The summed E-state index contributed by atoms with van der Waals surface area (Å²) >= 11 is 1.96. The minimum atomic E-state index is -0.160. The Morgan fingerprint density at radius 1 is 1.14 bits per heavy atom. The van der Waals surface area contributed by atoms with Crippen LogP contribution in [0.15, 0.2) is 48.5 Å². The molecule has 0 spiro atoms. The molecule has 0 bridgehead atoms. The third kappa shape index (κ3) is 5.19. The van der Waals surface area contributed by atoms with Crippen LogP contribution in [-0.4, -0.2) is 36.8 Å².